The summed E-state index contributed by atoms with van der Waals surface area (Å²) in [4.78, 5) is 4.88. The molecular weight excluding hydrogens is 1280 g/mol. The second-order valence-electron chi connectivity index (χ2n) is 26.6. The van der Waals surface area contributed by atoms with Gasteiger partial charge in [0.15, 0.2) is 8.07 Å². The van der Waals surface area contributed by atoms with Gasteiger partial charge < -0.3 is 13.9 Å². The maximum Gasteiger partial charge on any atom is 0.268 e. The number of benzene rings is 10. The number of ether oxygens (including phenoxy) is 1. The molecule has 0 atom stereocenters. The Morgan fingerprint density at radius 2 is 1.04 bits per heavy atom. The average molecular weight is 1370 g/mol. The third-order valence-electron chi connectivity index (χ3n) is 16.6. The zero-order valence-electron chi connectivity index (χ0n) is 66.9. The summed E-state index contributed by atoms with van der Waals surface area (Å²) in [5.41, 5.74) is 8.46. The predicted octanol–water partition coefficient (Wildman–Crippen LogP) is 17.5. The Morgan fingerprint density at radius 1 is 0.472 bits per heavy atom. The van der Waals surface area contributed by atoms with E-state index in [1.54, 1.807) is 27.3 Å². The molecule has 3 heterocycles. The van der Waals surface area contributed by atoms with Crippen LogP contribution in [0.5, 0.6) is 11.5 Å². The molecule has 0 bridgehead atoms. The molecule has 89 heavy (non-hydrogen) atoms. The molecular formula is C82H76N4OPtSi-2. The normalized spacial score (nSPS) is 14.8. The first-order chi connectivity index (χ1) is 48.4. The molecule has 0 aliphatic heterocycles. The fourth-order valence-electron chi connectivity index (χ4n) is 11.8. The van der Waals surface area contributed by atoms with Crippen molar-refractivity contribution in [1.82, 2.24) is 14.1 Å². The Balaban J connectivity index is 0.0000102. The molecule has 13 aromatic rings. The van der Waals surface area contributed by atoms with Crippen LogP contribution in [0.2, 0.25) is 0 Å². The molecule has 7 heteroatoms. The maximum absolute atomic E-state index is 10.2. The fourth-order valence-corrected chi connectivity index (χ4v) is 15.8. The second kappa shape index (κ2) is 23.4. The summed E-state index contributed by atoms with van der Waals surface area (Å²) in [6.07, 6.45) is 5.53. The van der Waals surface area contributed by atoms with E-state index in [4.69, 9.17) is 13.8 Å². The molecule has 0 saturated carbocycles. The summed E-state index contributed by atoms with van der Waals surface area (Å²) >= 11 is 0. The first-order valence-corrected chi connectivity index (χ1v) is 31.6. The molecule has 3 aromatic heterocycles. The monoisotopic (exact) mass is 1370 g/mol. The van der Waals surface area contributed by atoms with Crippen molar-refractivity contribution in [1.29, 1.82) is 0 Å². The Morgan fingerprint density at radius 3 is 1.65 bits per heavy atom. The van der Waals surface area contributed by atoms with E-state index in [-0.39, 0.29) is 48.5 Å². The predicted molar refractivity (Wildman–Crippen MR) is 369 cm³/mol. The number of hydrogen-bond acceptors (Lipinski definition) is 2. The van der Waals surface area contributed by atoms with Crippen molar-refractivity contribution in [3.63, 3.8) is 0 Å². The molecule has 13 rings (SSSR count). The van der Waals surface area contributed by atoms with Crippen LogP contribution in [0.4, 0.5) is 0 Å². The topological polar surface area (TPSA) is 35.9 Å². The van der Waals surface area contributed by atoms with Gasteiger partial charge in [0.05, 0.1) is 37.3 Å². The van der Waals surface area contributed by atoms with Gasteiger partial charge in [-0.05, 0) is 122 Å². The number of nitrogens with zero attached hydrogens (tertiary/aromatic N) is 4. The first kappa shape index (κ1) is 44.7. The van der Waals surface area contributed by atoms with E-state index < -0.39 is 125 Å². The van der Waals surface area contributed by atoms with E-state index in [0.717, 1.165) is 55.2 Å². The Hall–Kier alpha value is -8.67. The van der Waals surface area contributed by atoms with E-state index in [0.29, 0.717) is 39.4 Å². The molecule has 0 aliphatic carbocycles. The number of hydrogen-bond donors (Lipinski definition) is 0. The number of rotatable bonds is 11. The van der Waals surface area contributed by atoms with Crippen molar-refractivity contribution < 1.29 is 50.9 Å². The zero-order valence-corrected chi connectivity index (χ0v) is 55.2. The van der Waals surface area contributed by atoms with E-state index >= 15 is 0 Å². The molecule has 0 amide bonds. The average Bonchev–Trinajstić information content (AvgIpc) is 0.707. The van der Waals surface area contributed by atoms with E-state index in [1.165, 1.54) is 0 Å². The van der Waals surface area contributed by atoms with Gasteiger partial charge in [0.2, 0.25) is 0 Å². The first-order valence-electron chi connectivity index (χ1n) is 37.1. The number of pyridine rings is 1. The van der Waals surface area contributed by atoms with Gasteiger partial charge in [-0.2, -0.15) is 18.2 Å². The van der Waals surface area contributed by atoms with Crippen LogP contribution in [-0.2, 0) is 42.7 Å². The summed E-state index contributed by atoms with van der Waals surface area (Å²) in [6, 6.07) is 41.0. The molecule has 0 unspecified atom stereocenters. The van der Waals surface area contributed by atoms with Crippen LogP contribution < -0.4 is 30.1 Å². The molecule has 0 aliphatic rings. The van der Waals surface area contributed by atoms with Crippen LogP contribution in [0.1, 0.15) is 126 Å². The van der Waals surface area contributed by atoms with E-state index in [2.05, 4.69) is 155 Å². The van der Waals surface area contributed by atoms with Crippen molar-refractivity contribution in [2.45, 2.75) is 105 Å². The van der Waals surface area contributed by atoms with Crippen LogP contribution >= 0.6 is 0 Å². The van der Waals surface area contributed by atoms with Crippen LogP contribution in [0.15, 0.2) is 242 Å². The van der Waals surface area contributed by atoms with Gasteiger partial charge in [-0.15, -0.1) is 29.7 Å². The van der Waals surface area contributed by atoms with Crippen molar-refractivity contribution >= 4 is 61.7 Å². The molecule has 0 N–H and O–H groups in total. The van der Waals surface area contributed by atoms with Gasteiger partial charge in [0, 0.05) is 44.3 Å². The molecule has 446 valence electrons. The van der Waals surface area contributed by atoms with Crippen LogP contribution in [0, 0.1) is 18.5 Å². The van der Waals surface area contributed by atoms with Gasteiger partial charge in [-0.25, -0.2) is 4.98 Å². The Bertz CT molecular complexity index is 5400. The summed E-state index contributed by atoms with van der Waals surface area (Å²) in [5.74, 6) is 1.36. The molecule has 0 spiro atoms. The molecule has 0 saturated heterocycles. The van der Waals surface area contributed by atoms with Crippen LogP contribution in [-0.4, -0.2) is 22.2 Å². The SMILES string of the molecule is [2H]c1c([2H])c([2H])c([Si](c2cccc(-c3cc(C(C)(C)C)cc(C(C)(C)C)c3)c2-[n+]2[c-]n(-c3[c-]c(Oc4[c-]c5c(cc4)c4ccccc4n5-c4cc(C(C)(C)C)ccn4)ccc3)c3cc(-c4ccc(C(C)(C)C)cc4)ccc32)(c2c([2H])c([2H])c([2H])c([2H])c2[2H])c2c([2H])c([2H])c([2H])c([2H])c2[2H])c([2H])c1[2H].[Pt]. The van der Waals surface area contributed by atoms with Gasteiger partial charge in [0.25, 0.3) is 6.33 Å². The van der Waals surface area contributed by atoms with E-state index in [1.807, 2.05) is 85.1 Å². The van der Waals surface area contributed by atoms with Gasteiger partial charge in [-0.3, -0.25) is 4.57 Å². The molecule has 0 fully saturated rings. The van der Waals surface area contributed by atoms with Gasteiger partial charge >= 0.3 is 0 Å². The number of fused-ring (bicyclic) bond motifs is 4. The van der Waals surface area contributed by atoms with Crippen molar-refractivity contribution in [3.05, 3.63) is 283 Å². The minimum atomic E-state index is -5.86. The molecule has 0 radical (unpaired) electrons. The fraction of sp³-hybridized carbons (Fsp3) is 0.195. The second-order valence-corrected chi connectivity index (χ2v) is 30.2. The summed E-state index contributed by atoms with van der Waals surface area (Å²) in [5, 5.41) is -0.0163. The summed E-state index contributed by atoms with van der Waals surface area (Å²) in [6.45, 7) is 25.4. The molecule has 5 nitrogen and oxygen atoms in total. The standard InChI is InChI=1S/C82H76N4OSi.Pt/c1-79(2,3)59-41-38-56(39-42-59)57-40-45-73-75(50-57)84(63-26-24-27-64(53-63)87-65-43-44-71-70-34-22-23-36-72(70)86(74(71)54-65)77-52-60(46-47-83-77)80(4,5)6)55-85(73)78-69(58-48-61(81(7,8)9)51-62(49-58)82(10,11)12)35-25-37-76(78)88(66-28-16-13-17-29-66,67-30-18-14-19-31-67)68-32-20-15-21-33-68;/h13-52H,1-12H3;/q-2;/i13D,14D,15D,16D,17D,18D,19D,20D,21D,28D,29D,30D,31D,32D,33D;. The largest absolute Gasteiger partial charge is 0.510 e. The number of imidazole rings is 1. The van der Waals surface area contributed by atoms with Crippen LogP contribution in [0.25, 0.3) is 72.3 Å². The summed E-state index contributed by atoms with van der Waals surface area (Å²) in [7, 11) is -5.86. The minimum Gasteiger partial charge on any atom is -0.510 e. The van der Waals surface area contributed by atoms with Gasteiger partial charge in [0.1, 0.15) is 5.82 Å². The summed E-state index contributed by atoms with van der Waals surface area (Å²) < 4.78 is 157. The van der Waals surface area contributed by atoms with Crippen molar-refractivity contribution in [2.24, 2.45) is 0 Å². The van der Waals surface area contributed by atoms with E-state index in [9.17, 15) is 16.4 Å². The maximum atomic E-state index is 10.2. The smallest absolute Gasteiger partial charge is 0.268 e. The van der Waals surface area contributed by atoms with Crippen molar-refractivity contribution in [3.8, 4) is 50.9 Å². The van der Waals surface area contributed by atoms with Crippen LogP contribution in [0.3, 0.4) is 0 Å². The molecule has 10 aromatic carbocycles. The van der Waals surface area contributed by atoms with Gasteiger partial charge in [-0.1, -0.05) is 270 Å². The zero-order chi connectivity index (χ0) is 74.4. The third-order valence-corrected chi connectivity index (χ3v) is 20.8. The Labute approximate surface area is 562 Å². The van der Waals surface area contributed by atoms with Crippen molar-refractivity contribution in [2.75, 3.05) is 0 Å². The number of aromatic nitrogens is 4. The Kier molecular flexibility index (Phi) is 11.7. The minimum absolute atomic E-state index is 0. The third kappa shape index (κ3) is 11.4. The number of para-hydroxylation sites is 2. The quantitative estimate of drug-likeness (QED) is 0.0560.